The van der Waals surface area contributed by atoms with Crippen LogP contribution >= 0.6 is 0 Å². The van der Waals surface area contributed by atoms with Crippen molar-refractivity contribution in [2.45, 2.75) is 25.0 Å². The molecule has 2 aromatic heterocycles. The lowest BCUT2D eigenvalue weighted by molar-refractivity contribution is 0.160. The molecule has 7 heteroatoms. The first kappa shape index (κ1) is 9.46. The number of aromatic nitrogens is 6. The van der Waals surface area contributed by atoms with E-state index < -0.39 is 0 Å². The Hall–Kier alpha value is -1.76. The summed E-state index contributed by atoms with van der Waals surface area (Å²) in [7, 11) is 0. The standard InChI is InChI=1S/C9H13N7/c1-2-8(15-11-4-5-12-15)9(10-3-1)16-13-6-7-14-16/h4-10H,1-3H2. The fourth-order valence-electron chi connectivity index (χ4n) is 2.10. The monoisotopic (exact) mass is 219 g/mol. The average molecular weight is 219 g/mol. The molecule has 2 atom stereocenters. The zero-order valence-corrected chi connectivity index (χ0v) is 8.77. The quantitative estimate of drug-likeness (QED) is 0.769. The predicted octanol–water partition coefficient (Wildman–Crippen LogP) is -0.00710. The van der Waals surface area contributed by atoms with Gasteiger partial charge in [-0.2, -0.15) is 30.0 Å². The molecule has 1 N–H and O–H groups in total. The van der Waals surface area contributed by atoms with Crippen LogP contribution in [0.5, 0.6) is 0 Å². The van der Waals surface area contributed by atoms with Gasteiger partial charge in [0, 0.05) is 0 Å². The first-order valence-electron chi connectivity index (χ1n) is 5.40. The number of rotatable bonds is 2. The third-order valence-electron chi connectivity index (χ3n) is 2.81. The first-order chi connectivity index (χ1) is 7.95. The van der Waals surface area contributed by atoms with E-state index in [1.54, 1.807) is 34.4 Å². The van der Waals surface area contributed by atoms with E-state index in [0.29, 0.717) is 0 Å². The molecule has 1 saturated heterocycles. The van der Waals surface area contributed by atoms with Crippen molar-refractivity contribution in [2.75, 3.05) is 6.54 Å². The fraction of sp³-hybridized carbons (Fsp3) is 0.556. The lowest BCUT2D eigenvalue weighted by Crippen LogP contribution is -2.41. The average Bonchev–Trinajstić information content (AvgIpc) is 3.03. The summed E-state index contributed by atoms with van der Waals surface area (Å²) in [6.07, 6.45) is 8.95. The van der Waals surface area contributed by atoms with Crippen molar-refractivity contribution in [1.82, 2.24) is 35.3 Å². The summed E-state index contributed by atoms with van der Waals surface area (Å²) >= 11 is 0. The summed E-state index contributed by atoms with van der Waals surface area (Å²) in [5.74, 6) is 0. The second-order valence-electron chi connectivity index (χ2n) is 3.81. The molecule has 7 nitrogen and oxygen atoms in total. The van der Waals surface area contributed by atoms with Crippen molar-refractivity contribution in [3.05, 3.63) is 24.8 Å². The van der Waals surface area contributed by atoms with Crippen LogP contribution < -0.4 is 5.32 Å². The summed E-state index contributed by atoms with van der Waals surface area (Å²) < 4.78 is 0. The molecule has 2 aromatic rings. The van der Waals surface area contributed by atoms with Crippen LogP contribution in [0, 0.1) is 0 Å². The highest BCUT2D eigenvalue weighted by atomic mass is 15.6. The Balaban J connectivity index is 1.90. The topological polar surface area (TPSA) is 73.5 Å². The molecule has 0 spiro atoms. The highest BCUT2D eigenvalue weighted by Gasteiger charge is 2.29. The van der Waals surface area contributed by atoms with E-state index >= 15 is 0 Å². The maximum Gasteiger partial charge on any atom is 0.146 e. The highest BCUT2D eigenvalue weighted by molar-refractivity contribution is 4.80. The second kappa shape index (κ2) is 4.01. The molecule has 3 rings (SSSR count). The summed E-state index contributed by atoms with van der Waals surface area (Å²) in [5, 5.41) is 20.1. The smallest absolute Gasteiger partial charge is 0.146 e. The number of nitrogens with zero attached hydrogens (tertiary/aromatic N) is 6. The van der Waals surface area contributed by atoms with Crippen LogP contribution in [0.4, 0.5) is 0 Å². The molecule has 0 saturated carbocycles. The Labute approximate surface area is 92.4 Å². The number of nitrogens with one attached hydrogen (secondary N) is 1. The summed E-state index contributed by atoms with van der Waals surface area (Å²) in [4.78, 5) is 3.42. The Bertz CT molecular complexity index is 378. The van der Waals surface area contributed by atoms with Gasteiger partial charge in [-0.15, -0.1) is 0 Å². The van der Waals surface area contributed by atoms with E-state index in [4.69, 9.17) is 0 Å². The SMILES string of the molecule is c1cnn(C2CCCNC2n2nccn2)n1. The molecule has 0 aromatic carbocycles. The van der Waals surface area contributed by atoms with Gasteiger partial charge in [-0.05, 0) is 19.4 Å². The van der Waals surface area contributed by atoms with Crippen molar-refractivity contribution >= 4 is 0 Å². The molecule has 0 bridgehead atoms. The Morgan fingerprint density at radius 2 is 1.56 bits per heavy atom. The summed E-state index contributed by atoms with van der Waals surface area (Å²) in [6.45, 7) is 0.976. The molecule has 1 aliphatic rings. The predicted molar refractivity (Wildman–Crippen MR) is 55.4 cm³/mol. The van der Waals surface area contributed by atoms with E-state index in [1.165, 1.54) is 0 Å². The molecule has 0 amide bonds. The first-order valence-corrected chi connectivity index (χ1v) is 5.40. The molecule has 2 unspecified atom stereocenters. The van der Waals surface area contributed by atoms with Crippen LogP contribution in [0.3, 0.4) is 0 Å². The van der Waals surface area contributed by atoms with Crippen molar-refractivity contribution in [2.24, 2.45) is 0 Å². The molecule has 3 heterocycles. The number of hydrogen-bond donors (Lipinski definition) is 1. The Morgan fingerprint density at radius 3 is 2.25 bits per heavy atom. The maximum atomic E-state index is 4.20. The molecule has 84 valence electrons. The van der Waals surface area contributed by atoms with Crippen LogP contribution in [0.15, 0.2) is 24.8 Å². The van der Waals surface area contributed by atoms with Crippen LogP contribution in [0.2, 0.25) is 0 Å². The van der Waals surface area contributed by atoms with Gasteiger partial charge < -0.3 is 0 Å². The number of hydrogen-bond acceptors (Lipinski definition) is 5. The van der Waals surface area contributed by atoms with E-state index in [-0.39, 0.29) is 12.2 Å². The lowest BCUT2D eigenvalue weighted by Gasteiger charge is -2.30. The summed E-state index contributed by atoms with van der Waals surface area (Å²) in [6, 6.07) is 0.177. The Kier molecular flexibility index (Phi) is 2.37. The molecule has 1 aliphatic heterocycles. The highest BCUT2D eigenvalue weighted by Crippen LogP contribution is 2.26. The molecule has 1 fully saturated rings. The molecule has 16 heavy (non-hydrogen) atoms. The molecular weight excluding hydrogens is 206 g/mol. The largest absolute Gasteiger partial charge is 0.292 e. The van der Waals surface area contributed by atoms with Crippen LogP contribution in [-0.4, -0.2) is 36.5 Å². The van der Waals surface area contributed by atoms with E-state index in [0.717, 1.165) is 19.4 Å². The van der Waals surface area contributed by atoms with Crippen molar-refractivity contribution in [1.29, 1.82) is 0 Å². The van der Waals surface area contributed by atoms with Crippen LogP contribution in [-0.2, 0) is 0 Å². The van der Waals surface area contributed by atoms with Gasteiger partial charge in [-0.25, -0.2) is 0 Å². The molecular formula is C9H13N7. The van der Waals surface area contributed by atoms with Gasteiger partial charge in [0.25, 0.3) is 0 Å². The lowest BCUT2D eigenvalue weighted by atomic mass is 10.1. The van der Waals surface area contributed by atoms with Crippen molar-refractivity contribution < 1.29 is 0 Å². The maximum absolute atomic E-state index is 4.20. The van der Waals surface area contributed by atoms with Gasteiger partial charge in [-0.3, -0.25) is 5.32 Å². The van der Waals surface area contributed by atoms with Gasteiger partial charge in [0.05, 0.1) is 24.8 Å². The minimum absolute atomic E-state index is 0.0381. The zero-order valence-electron chi connectivity index (χ0n) is 8.77. The second-order valence-corrected chi connectivity index (χ2v) is 3.81. The van der Waals surface area contributed by atoms with E-state index in [1.807, 2.05) is 0 Å². The van der Waals surface area contributed by atoms with Gasteiger partial charge in [-0.1, -0.05) is 0 Å². The van der Waals surface area contributed by atoms with E-state index in [9.17, 15) is 0 Å². The van der Waals surface area contributed by atoms with Crippen LogP contribution in [0.25, 0.3) is 0 Å². The van der Waals surface area contributed by atoms with E-state index in [2.05, 4.69) is 25.7 Å². The zero-order chi connectivity index (χ0) is 10.8. The summed E-state index contributed by atoms with van der Waals surface area (Å²) in [5.41, 5.74) is 0. The van der Waals surface area contributed by atoms with Crippen molar-refractivity contribution in [3.63, 3.8) is 0 Å². The normalized spacial score (nSPS) is 25.8. The fourth-order valence-corrected chi connectivity index (χ4v) is 2.10. The molecule has 0 aliphatic carbocycles. The van der Waals surface area contributed by atoms with Crippen LogP contribution in [0.1, 0.15) is 25.0 Å². The molecule has 0 radical (unpaired) electrons. The van der Waals surface area contributed by atoms with Gasteiger partial charge >= 0.3 is 0 Å². The minimum atomic E-state index is 0.0381. The van der Waals surface area contributed by atoms with Gasteiger partial charge in [0.15, 0.2) is 0 Å². The minimum Gasteiger partial charge on any atom is -0.292 e. The van der Waals surface area contributed by atoms with Crippen molar-refractivity contribution in [3.8, 4) is 0 Å². The number of piperidine rings is 1. The third-order valence-corrected chi connectivity index (χ3v) is 2.81. The van der Waals surface area contributed by atoms with Gasteiger partial charge in [0.2, 0.25) is 0 Å². The third kappa shape index (κ3) is 1.58. The van der Waals surface area contributed by atoms with Gasteiger partial charge in [0.1, 0.15) is 12.2 Å². The Morgan fingerprint density at radius 1 is 0.938 bits per heavy atom.